The highest BCUT2D eigenvalue weighted by Crippen LogP contribution is 2.20. The summed E-state index contributed by atoms with van der Waals surface area (Å²) >= 11 is 0. The van der Waals surface area contributed by atoms with Crippen molar-refractivity contribution in [1.82, 2.24) is 0 Å². The SMILES string of the molecule is C=Cc1cccc(N=[N+]([O-])c2cccc(C=C)c2)c1. The third kappa shape index (κ3) is 3.16. The van der Waals surface area contributed by atoms with Crippen molar-refractivity contribution in [2.45, 2.75) is 0 Å². The first-order valence-electron chi connectivity index (χ1n) is 5.87. The lowest BCUT2D eigenvalue weighted by atomic mass is 10.2. The molecule has 0 radical (unpaired) electrons. The van der Waals surface area contributed by atoms with E-state index in [9.17, 15) is 5.21 Å². The van der Waals surface area contributed by atoms with Gasteiger partial charge in [-0.15, -0.1) is 0 Å². The van der Waals surface area contributed by atoms with Gasteiger partial charge in [0.25, 0.3) is 0 Å². The normalized spacial score (nSPS) is 11.1. The summed E-state index contributed by atoms with van der Waals surface area (Å²) in [6.07, 6.45) is 3.40. The van der Waals surface area contributed by atoms with Gasteiger partial charge in [0.15, 0.2) is 0 Å². The van der Waals surface area contributed by atoms with Gasteiger partial charge in [0.05, 0.1) is 0 Å². The van der Waals surface area contributed by atoms with Crippen molar-refractivity contribution in [3.8, 4) is 0 Å². The summed E-state index contributed by atoms with van der Waals surface area (Å²) in [5, 5.41) is 16.0. The Bertz CT molecular complexity index is 645. The van der Waals surface area contributed by atoms with Crippen LogP contribution in [0.1, 0.15) is 11.1 Å². The number of azo groups is 1. The number of hydrogen-bond acceptors (Lipinski definition) is 2. The van der Waals surface area contributed by atoms with E-state index in [1.807, 2.05) is 18.2 Å². The minimum absolute atomic E-state index is 0.474. The molecule has 0 amide bonds. The highest BCUT2D eigenvalue weighted by molar-refractivity contribution is 5.53. The van der Waals surface area contributed by atoms with Crippen molar-refractivity contribution in [3.63, 3.8) is 0 Å². The molecule has 2 rings (SSSR count). The van der Waals surface area contributed by atoms with Gasteiger partial charge in [-0.05, 0) is 23.3 Å². The first kappa shape index (κ1) is 12.8. The quantitative estimate of drug-likeness (QED) is 0.432. The standard InChI is InChI=1S/C16H14N2O/c1-3-13-7-5-9-15(11-13)17-18(19)16-10-6-8-14(4-2)12-16/h3-12H,1-2H2. The molecule has 0 spiro atoms. The van der Waals surface area contributed by atoms with Gasteiger partial charge in [-0.2, -0.15) is 0 Å². The molecule has 0 fully saturated rings. The molecule has 0 aliphatic rings. The van der Waals surface area contributed by atoms with Crippen LogP contribution in [0, 0.1) is 5.21 Å². The lowest BCUT2D eigenvalue weighted by Crippen LogP contribution is -1.90. The van der Waals surface area contributed by atoms with Crippen LogP contribution < -0.4 is 0 Å². The maximum atomic E-state index is 12.0. The summed E-state index contributed by atoms with van der Waals surface area (Å²) in [4.78, 5) is 0.606. The highest BCUT2D eigenvalue weighted by atomic mass is 16.5. The molecule has 19 heavy (non-hydrogen) atoms. The predicted molar refractivity (Wildman–Crippen MR) is 78.4 cm³/mol. The molecule has 3 heteroatoms. The molecule has 0 bridgehead atoms. The molecule has 0 aliphatic carbocycles. The Morgan fingerprint density at radius 3 is 2.26 bits per heavy atom. The van der Waals surface area contributed by atoms with E-state index in [0.717, 1.165) is 11.1 Å². The van der Waals surface area contributed by atoms with Gasteiger partial charge in [-0.25, -0.2) is 0 Å². The van der Waals surface area contributed by atoms with Crippen molar-refractivity contribution in [3.05, 3.63) is 78.0 Å². The van der Waals surface area contributed by atoms with Gasteiger partial charge in [0, 0.05) is 17.2 Å². The third-order valence-electron chi connectivity index (χ3n) is 2.64. The summed E-state index contributed by atoms with van der Waals surface area (Å²) < 4.78 is 0. The first-order chi connectivity index (χ1) is 9.22. The Labute approximate surface area is 112 Å². The molecule has 0 heterocycles. The average Bonchev–Trinajstić information content (AvgIpc) is 2.47. The van der Waals surface area contributed by atoms with E-state index in [4.69, 9.17) is 0 Å². The fourth-order valence-corrected chi connectivity index (χ4v) is 1.65. The van der Waals surface area contributed by atoms with Gasteiger partial charge >= 0.3 is 0 Å². The Morgan fingerprint density at radius 2 is 1.58 bits per heavy atom. The fourth-order valence-electron chi connectivity index (χ4n) is 1.65. The first-order valence-corrected chi connectivity index (χ1v) is 5.87. The van der Waals surface area contributed by atoms with E-state index in [1.54, 1.807) is 42.5 Å². The van der Waals surface area contributed by atoms with Gasteiger partial charge in [0.2, 0.25) is 5.69 Å². The second-order valence-electron chi connectivity index (χ2n) is 3.97. The van der Waals surface area contributed by atoms with Crippen LogP contribution >= 0.6 is 0 Å². The molecular weight excluding hydrogens is 236 g/mol. The monoisotopic (exact) mass is 250 g/mol. The van der Waals surface area contributed by atoms with Gasteiger partial charge < -0.3 is 5.21 Å². The lowest BCUT2D eigenvalue weighted by molar-refractivity contribution is -0.435. The van der Waals surface area contributed by atoms with Crippen LogP contribution in [0.4, 0.5) is 11.4 Å². The van der Waals surface area contributed by atoms with E-state index >= 15 is 0 Å². The zero-order valence-corrected chi connectivity index (χ0v) is 10.5. The molecule has 2 aromatic rings. The molecule has 0 N–H and O–H groups in total. The van der Waals surface area contributed by atoms with Crippen LogP contribution in [0.3, 0.4) is 0 Å². The van der Waals surface area contributed by atoms with Gasteiger partial charge in [0.1, 0.15) is 5.69 Å². The molecule has 2 aromatic carbocycles. The Kier molecular flexibility index (Phi) is 3.88. The Balaban J connectivity index is 2.35. The molecule has 0 unspecified atom stereocenters. The minimum Gasteiger partial charge on any atom is -0.594 e. The molecule has 0 saturated heterocycles. The highest BCUT2D eigenvalue weighted by Gasteiger charge is 2.04. The number of hydrogen-bond donors (Lipinski definition) is 0. The van der Waals surface area contributed by atoms with Gasteiger partial charge in [-0.3, -0.25) is 0 Å². The number of rotatable bonds is 4. The molecule has 0 atom stereocenters. The molecule has 0 aromatic heterocycles. The molecule has 94 valence electrons. The summed E-state index contributed by atoms with van der Waals surface area (Å²) in [6, 6.07) is 14.4. The molecular formula is C16H14N2O. The zero-order chi connectivity index (χ0) is 13.7. The summed E-state index contributed by atoms with van der Waals surface area (Å²) in [5.74, 6) is 0. The summed E-state index contributed by atoms with van der Waals surface area (Å²) in [5.41, 5.74) is 2.88. The summed E-state index contributed by atoms with van der Waals surface area (Å²) in [7, 11) is 0. The molecule has 0 aliphatic heterocycles. The lowest BCUT2D eigenvalue weighted by Gasteiger charge is -2.01. The maximum absolute atomic E-state index is 12.0. The van der Waals surface area contributed by atoms with E-state index in [1.165, 1.54) is 0 Å². The van der Waals surface area contributed by atoms with E-state index in [0.29, 0.717) is 16.2 Å². The van der Waals surface area contributed by atoms with Crippen LogP contribution in [0.25, 0.3) is 12.2 Å². The number of nitrogens with zero attached hydrogens (tertiary/aromatic N) is 2. The third-order valence-corrected chi connectivity index (χ3v) is 2.64. The van der Waals surface area contributed by atoms with E-state index < -0.39 is 0 Å². The molecule has 0 saturated carbocycles. The van der Waals surface area contributed by atoms with Gasteiger partial charge in [-0.1, -0.05) is 54.4 Å². The fraction of sp³-hybridized carbons (Fsp3) is 0. The Hall–Kier alpha value is -2.68. The maximum Gasteiger partial charge on any atom is 0.245 e. The van der Waals surface area contributed by atoms with Crippen molar-refractivity contribution >= 4 is 23.5 Å². The van der Waals surface area contributed by atoms with Crippen molar-refractivity contribution < 1.29 is 4.86 Å². The van der Waals surface area contributed by atoms with Crippen LogP contribution in [0.5, 0.6) is 0 Å². The smallest absolute Gasteiger partial charge is 0.245 e. The van der Waals surface area contributed by atoms with Crippen LogP contribution in [0.15, 0.2) is 66.8 Å². The van der Waals surface area contributed by atoms with Crippen molar-refractivity contribution in [2.75, 3.05) is 0 Å². The van der Waals surface area contributed by atoms with Crippen LogP contribution in [0.2, 0.25) is 0 Å². The van der Waals surface area contributed by atoms with E-state index in [-0.39, 0.29) is 0 Å². The van der Waals surface area contributed by atoms with E-state index in [2.05, 4.69) is 18.3 Å². The van der Waals surface area contributed by atoms with Crippen molar-refractivity contribution in [2.24, 2.45) is 5.11 Å². The average molecular weight is 250 g/mol. The second-order valence-corrected chi connectivity index (χ2v) is 3.97. The largest absolute Gasteiger partial charge is 0.594 e. The topological polar surface area (TPSA) is 38.4 Å². The zero-order valence-electron chi connectivity index (χ0n) is 10.5. The second kappa shape index (κ2) is 5.78. The van der Waals surface area contributed by atoms with Crippen LogP contribution in [-0.2, 0) is 0 Å². The van der Waals surface area contributed by atoms with Crippen molar-refractivity contribution in [1.29, 1.82) is 0 Å². The molecule has 3 nitrogen and oxygen atoms in total. The van der Waals surface area contributed by atoms with Crippen LogP contribution in [-0.4, -0.2) is 4.86 Å². The number of benzene rings is 2. The summed E-state index contributed by atoms with van der Waals surface area (Å²) in [6.45, 7) is 7.36. The predicted octanol–water partition coefficient (Wildman–Crippen LogP) is 4.90. The minimum atomic E-state index is 0.474. The Morgan fingerprint density at radius 1 is 0.947 bits per heavy atom.